The molecule has 0 spiro atoms. The van der Waals surface area contributed by atoms with E-state index in [1.54, 1.807) is 0 Å². The molecule has 1 aliphatic heterocycles. The number of thiophene rings is 1. The van der Waals surface area contributed by atoms with Crippen LogP contribution in [0.3, 0.4) is 0 Å². The molecule has 3 aromatic rings. The topological polar surface area (TPSA) is 59.4 Å². The SMILES string of the molecule is Cc1nn(Cc2ccccc2)c2sc(C(=O)NCC(CC(C)C)N3CCOCC3)cc12. The van der Waals surface area contributed by atoms with E-state index in [4.69, 9.17) is 9.84 Å². The number of nitrogens with one attached hydrogen (secondary N) is 1. The van der Waals surface area contributed by atoms with Crippen LogP contribution in [0.25, 0.3) is 10.2 Å². The lowest BCUT2D eigenvalue weighted by molar-refractivity contribution is 0.0125. The number of aryl methyl sites for hydroxylation is 1. The van der Waals surface area contributed by atoms with E-state index in [1.165, 1.54) is 16.9 Å². The Kier molecular flexibility index (Phi) is 7.05. The van der Waals surface area contributed by atoms with Gasteiger partial charge in [0.2, 0.25) is 0 Å². The number of rotatable bonds is 8. The molecule has 2 aromatic heterocycles. The van der Waals surface area contributed by atoms with Crippen molar-refractivity contribution >= 4 is 27.5 Å². The van der Waals surface area contributed by atoms with E-state index in [9.17, 15) is 4.79 Å². The number of carbonyl (C=O) groups excluding carboxylic acids is 1. The molecular formula is C24H32N4O2S. The van der Waals surface area contributed by atoms with Crippen LogP contribution in [0.2, 0.25) is 0 Å². The number of morpholine rings is 1. The van der Waals surface area contributed by atoms with Crippen LogP contribution < -0.4 is 5.32 Å². The van der Waals surface area contributed by atoms with Crippen molar-refractivity contribution in [2.45, 2.75) is 39.8 Å². The number of hydrogen-bond donors (Lipinski definition) is 1. The van der Waals surface area contributed by atoms with E-state index < -0.39 is 0 Å². The molecule has 4 rings (SSSR count). The Hall–Kier alpha value is -2.22. The van der Waals surface area contributed by atoms with Gasteiger partial charge in [-0.15, -0.1) is 11.3 Å². The van der Waals surface area contributed by atoms with Crippen molar-refractivity contribution in [1.29, 1.82) is 0 Å². The zero-order chi connectivity index (χ0) is 21.8. The average Bonchev–Trinajstić information content (AvgIpc) is 3.33. The van der Waals surface area contributed by atoms with Gasteiger partial charge in [0, 0.05) is 31.1 Å². The van der Waals surface area contributed by atoms with Crippen molar-refractivity contribution in [1.82, 2.24) is 20.0 Å². The Labute approximate surface area is 188 Å². The summed E-state index contributed by atoms with van der Waals surface area (Å²) in [5.41, 5.74) is 2.17. The summed E-state index contributed by atoms with van der Waals surface area (Å²) in [5, 5.41) is 8.96. The number of carbonyl (C=O) groups is 1. The molecule has 0 bridgehead atoms. The van der Waals surface area contributed by atoms with Crippen LogP contribution in [0.5, 0.6) is 0 Å². The molecule has 0 saturated carbocycles. The summed E-state index contributed by atoms with van der Waals surface area (Å²) in [7, 11) is 0. The summed E-state index contributed by atoms with van der Waals surface area (Å²) in [6, 6.07) is 12.6. The van der Waals surface area contributed by atoms with Gasteiger partial charge in [-0.3, -0.25) is 14.4 Å². The van der Waals surface area contributed by atoms with Gasteiger partial charge in [0.15, 0.2) is 0 Å². The van der Waals surface area contributed by atoms with Gasteiger partial charge in [0.05, 0.1) is 30.3 Å². The van der Waals surface area contributed by atoms with E-state index in [0.29, 0.717) is 25.0 Å². The largest absolute Gasteiger partial charge is 0.379 e. The predicted molar refractivity (Wildman–Crippen MR) is 126 cm³/mol. The number of aromatic nitrogens is 2. The van der Waals surface area contributed by atoms with Gasteiger partial charge in [-0.1, -0.05) is 44.2 Å². The molecule has 1 fully saturated rings. The molecule has 0 radical (unpaired) electrons. The molecule has 1 amide bonds. The molecule has 1 aromatic carbocycles. The highest BCUT2D eigenvalue weighted by Crippen LogP contribution is 2.29. The highest BCUT2D eigenvalue weighted by Gasteiger charge is 2.23. The highest BCUT2D eigenvalue weighted by atomic mass is 32.1. The zero-order valence-corrected chi connectivity index (χ0v) is 19.5. The summed E-state index contributed by atoms with van der Waals surface area (Å²) in [6.45, 7) is 11.3. The average molecular weight is 441 g/mol. The molecular weight excluding hydrogens is 408 g/mol. The molecule has 3 heterocycles. The lowest BCUT2D eigenvalue weighted by Gasteiger charge is -2.35. The predicted octanol–water partition coefficient (Wildman–Crippen LogP) is 3.93. The second-order valence-corrected chi connectivity index (χ2v) is 9.73. The Balaban J connectivity index is 1.46. The lowest BCUT2D eigenvalue weighted by Crippen LogP contribution is -2.49. The summed E-state index contributed by atoms with van der Waals surface area (Å²) in [4.78, 5) is 17.3. The molecule has 166 valence electrons. The highest BCUT2D eigenvalue weighted by molar-refractivity contribution is 7.20. The molecule has 31 heavy (non-hydrogen) atoms. The van der Waals surface area contributed by atoms with Crippen molar-refractivity contribution in [2.75, 3.05) is 32.8 Å². The number of benzene rings is 1. The maximum atomic E-state index is 13.0. The van der Waals surface area contributed by atoms with Crippen molar-refractivity contribution in [2.24, 2.45) is 5.92 Å². The monoisotopic (exact) mass is 440 g/mol. The fraction of sp³-hybridized carbons (Fsp3) is 0.500. The Morgan fingerprint density at radius 1 is 1.23 bits per heavy atom. The van der Waals surface area contributed by atoms with Gasteiger partial charge in [-0.05, 0) is 30.9 Å². The summed E-state index contributed by atoms with van der Waals surface area (Å²) < 4.78 is 7.51. The summed E-state index contributed by atoms with van der Waals surface area (Å²) >= 11 is 1.53. The molecule has 1 atom stereocenters. The molecule has 7 heteroatoms. The van der Waals surface area contributed by atoms with Crippen LogP contribution in [0.4, 0.5) is 0 Å². The first-order chi connectivity index (χ1) is 15.0. The Morgan fingerprint density at radius 2 is 1.97 bits per heavy atom. The third kappa shape index (κ3) is 5.34. The second kappa shape index (κ2) is 9.94. The van der Waals surface area contributed by atoms with E-state index in [2.05, 4.69) is 36.2 Å². The molecule has 1 aliphatic rings. The molecule has 0 aliphatic carbocycles. The van der Waals surface area contributed by atoms with Gasteiger partial charge in [0.1, 0.15) is 4.83 Å². The third-order valence-electron chi connectivity index (χ3n) is 5.81. The van der Waals surface area contributed by atoms with Gasteiger partial charge in [0.25, 0.3) is 5.91 Å². The normalized spacial score (nSPS) is 16.1. The number of nitrogens with zero attached hydrogens (tertiary/aromatic N) is 3. The maximum absolute atomic E-state index is 13.0. The van der Waals surface area contributed by atoms with Gasteiger partial charge in [-0.25, -0.2) is 0 Å². The fourth-order valence-electron chi connectivity index (χ4n) is 4.23. The fourth-order valence-corrected chi connectivity index (χ4v) is 5.31. The van der Waals surface area contributed by atoms with Crippen molar-refractivity contribution in [3.8, 4) is 0 Å². The van der Waals surface area contributed by atoms with Gasteiger partial charge in [-0.2, -0.15) is 5.10 Å². The first-order valence-electron chi connectivity index (χ1n) is 11.1. The minimum Gasteiger partial charge on any atom is -0.379 e. The molecule has 6 nitrogen and oxygen atoms in total. The first kappa shape index (κ1) is 22.0. The lowest BCUT2D eigenvalue weighted by atomic mass is 10.0. The van der Waals surface area contributed by atoms with Crippen molar-refractivity contribution in [3.63, 3.8) is 0 Å². The minimum atomic E-state index is 0.00822. The number of fused-ring (bicyclic) bond motifs is 1. The summed E-state index contributed by atoms with van der Waals surface area (Å²) in [6.07, 6.45) is 1.07. The van der Waals surface area contributed by atoms with Gasteiger partial charge >= 0.3 is 0 Å². The molecule has 1 saturated heterocycles. The van der Waals surface area contributed by atoms with Crippen molar-refractivity contribution in [3.05, 3.63) is 52.5 Å². The Bertz CT molecular complexity index is 1010. The van der Waals surface area contributed by atoms with Crippen LogP contribution in [0.1, 0.15) is 41.2 Å². The zero-order valence-electron chi connectivity index (χ0n) is 18.6. The van der Waals surface area contributed by atoms with E-state index in [0.717, 1.165) is 53.5 Å². The van der Waals surface area contributed by atoms with Crippen LogP contribution in [-0.2, 0) is 11.3 Å². The molecule has 1 N–H and O–H groups in total. The first-order valence-corrected chi connectivity index (χ1v) is 11.9. The van der Waals surface area contributed by atoms with E-state index in [-0.39, 0.29) is 5.91 Å². The van der Waals surface area contributed by atoms with E-state index >= 15 is 0 Å². The standard InChI is InChI=1S/C24H32N4O2S/c1-17(2)13-20(27-9-11-30-12-10-27)15-25-23(29)22-14-21-18(3)26-28(24(21)31-22)16-19-7-5-4-6-8-19/h4-8,14,17,20H,9-13,15-16H2,1-3H3,(H,25,29). The van der Waals surface area contributed by atoms with Crippen LogP contribution in [0.15, 0.2) is 36.4 Å². The second-order valence-electron chi connectivity index (χ2n) is 8.70. The van der Waals surface area contributed by atoms with Gasteiger partial charge < -0.3 is 10.1 Å². The third-order valence-corrected chi connectivity index (χ3v) is 6.96. The quantitative estimate of drug-likeness (QED) is 0.577. The van der Waals surface area contributed by atoms with Crippen LogP contribution in [-0.4, -0.2) is 59.5 Å². The number of hydrogen-bond acceptors (Lipinski definition) is 5. The molecule has 1 unspecified atom stereocenters. The minimum absolute atomic E-state index is 0.00822. The maximum Gasteiger partial charge on any atom is 0.261 e. The van der Waals surface area contributed by atoms with Crippen LogP contribution in [0, 0.1) is 12.8 Å². The smallest absolute Gasteiger partial charge is 0.261 e. The summed E-state index contributed by atoms with van der Waals surface area (Å²) in [5.74, 6) is 0.592. The van der Waals surface area contributed by atoms with Crippen molar-refractivity contribution < 1.29 is 9.53 Å². The number of ether oxygens (including phenoxy) is 1. The number of amides is 1. The van der Waals surface area contributed by atoms with Crippen LogP contribution >= 0.6 is 11.3 Å². The Morgan fingerprint density at radius 3 is 2.68 bits per heavy atom. The van der Waals surface area contributed by atoms with E-state index in [1.807, 2.05) is 35.9 Å².